The maximum Gasteiger partial charge on any atom is 0.338 e. The highest BCUT2D eigenvalue weighted by Crippen LogP contribution is 2.41. The van der Waals surface area contributed by atoms with Gasteiger partial charge < -0.3 is 30.0 Å². The van der Waals surface area contributed by atoms with Gasteiger partial charge >= 0.3 is 5.97 Å². The van der Waals surface area contributed by atoms with Crippen molar-refractivity contribution in [3.8, 4) is 23.0 Å². The SMILES string of the molecule is C[C@]1(CC(=O)Nc2nccs2)NCCc2cc(OCCn3cc(COc4ccccc4)nn3)c(Oc3ccc(C(=O)O)c(F)c3)cc21. The molecular formula is C33H31FN6O6S. The summed E-state index contributed by atoms with van der Waals surface area (Å²) >= 11 is 1.33. The Morgan fingerprint density at radius 1 is 1.11 bits per heavy atom. The predicted octanol–water partition coefficient (Wildman–Crippen LogP) is 5.41. The smallest absolute Gasteiger partial charge is 0.338 e. The third-order valence-corrected chi connectivity index (χ3v) is 8.25. The number of rotatable bonds is 13. The molecule has 1 amide bonds. The van der Waals surface area contributed by atoms with Crippen LogP contribution >= 0.6 is 11.3 Å². The molecule has 5 aromatic rings. The maximum atomic E-state index is 14.6. The van der Waals surface area contributed by atoms with Crippen molar-refractivity contribution in [2.45, 2.75) is 38.5 Å². The van der Waals surface area contributed by atoms with Gasteiger partial charge in [-0.1, -0.05) is 23.4 Å². The predicted molar refractivity (Wildman–Crippen MR) is 171 cm³/mol. The number of carbonyl (C=O) groups excluding carboxylic acids is 1. The van der Waals surface area contributed by atoms with Gasteiger partial charge in [0.15, 0.2) is 16.6 Å². The van der Waals surface area contributed by atoms with Crippen molar-refractivity contribution < 1.29 is 33.3 Å². The second kappa shape index (κ2) is 14.0. The van der Waals surface area contributed by atoms with E-state index in [1.807, 2.05) is 43.3 Å². The number of ether oxygens (including phenoxy) is 3. The Bertz CT molecular complexity index is 1870. The number of carboxylic acid groups (broad SMARTS) is 1. The van der Waals surface area contributed by atoms with E-state index in [-0.39, 0.29) is 37.0 Å². The molecule has 1 aliphatic heterocycles. The van der Waals surface area contributed by atoms with E-state index < -0.39 is 22.9 Å². The number of anilines is 1. The molecular weight excluding hydrogens is 627 g/mol. The third-order valence-electron chi connectivity index (χ3n) is 7.56. The molecule has 12 nitrogen and oxygen atoms in total. The summed E-state index contributed by atoms with van der Waals surface area (Å²) in [5.74, 6) is -1.03. The van der Waals surface area contributed by atoms with Crippen LogP contribution < -0.4 is 24.8 Å². The summed E-state index contributed by atoms with van der Waals surface area (Å²) in [6, 6.07) is 16.6. The highest BCUT2D eigenvalue weighted by Gasteiger charge is 2.35. The lowest BCUT2D eigenvalue weighted by Gasteiger charge is -2.37. The van der Waals surface area contributed by atoms with Gasteiger partial charge in [0.05, 0.1) is 18.3 Å². The summed E-state index contributed by atoms with van der Waals surface area (Å²) in [6.45, 7) is 3.40. The van der Waals surface area contributed by atoms with Gasteiger partial charge in [-0.2, -0.15) is 0 Å². The average Bonchev–Trinajstić information content (AvgIpc) is 3.73. The number of hydrogen-bond acceptors (Lipinski definition) is 10. The molecule has 1 atom stereocenters. The zero-order valence-corrected chi connectivity index (χ0v) is 26.1. The van der Waals surface area contributed by atoms with Gasteiger partial charge in [-0.25, -0.2) is 18.9 Å². The van der Waals surface area contributed by atoms with Crippen molar-refractivity contribution in [3.63, 3.8) is 0 Å². The lowest BCUT2D eigenvalue weighted by Crippen LogP contribution is -2.47. The monoisotopic (exact) mass is 658 g/mol. The van der Waals surface area contributed by atoms with E-state index in [1.165, 1.54) is 17.4 Å². The van der Waals surface area contributed by atoms with Crippen LogP contribution in [0.2, 0.25) is 0 Å². The number of hydrogen-bond donors (Lipinski definition) is 3. The van der Waals surface area contributed by atoms with Gasteiger partial charge in [0.25, 0.3) is 0 Å². The Labute approximate surface area is 273 Å². The molecule has 1 aliphatic rings. The highest BCUT2D eigenvalue weighted by molar-refractivity contribution is 7.13. The number of fused-ring (bicyclic) bond motifs is 1. The number of carbonyl (C=O) groups is 2. The number of para-hydroxylation sites is 1. The number of amides is 1. The zero-order chi connectivity index (χ0) is 32.8. The van der Waals surface area contributed by atoms with E-state index >= 15 is 0 Å². The lowest BCUT2D eigenvalue weighted by molar-refractivity contribution is -0.117. The van der Waals surface area contributed by atoms with Gasteiger partial charge in [-0.05, 0) is 60.9 Å². The lowest BCUT2D eigenvalue weighted by atomic mass is 9.81. The Balaban J connectivity index is 1.21. The number of carboxylic acids is 1. The fraction of sp³-hybridized carbons (Fsp3) is 0.242. The minimum atomic E-state index is -1.38. The molecule has 242 valence electrons. The maximum absolute atomic E-state index is 14.6. The Morgan fingerprint density at radius 3 is 2.72 bits per heavy atom. The van der Waals surface area contributed by atoms with Gasteiger partial charge in [0.1, 0.15) is 36.2 Å². The standard InChI is InChI=1S/C33H31FN6O6S/c1-33(18-30(41)37-32-35-11-14-47-32)26-17-29(46-24-7-8-25(31(42)43)27(34)16-24)28(15-21(26)9-10-36-33)44-13-12-40-19-22(38-39-40)20-45-23-5-3-2-4-6-23/h2-8,11,14-17,19,36H,9-10,12-13,18,20H2,1H3,(H,42,43)(H,35,37,41)/t33-/m1/s1. The first-order chi connectivity index (χ1) is 22.8. The number of aromatic nitrogens is 4. The van der Waals surface area contributed by atoms with Crippen LogP contribution in [0.15, 0.2) is 78.4 Å². The quantitative estimate of drug-likeness (QED) is 0.150. The Hall–Kier alpha value is -5.34. The summed E-state index contributed by atoms with van der Waals surface area (Å²) < 4.78 is 34.3. The van der Waals surface area contributed by atoms with Gasteiger partial charge in [0, 0.05) is 36.1 Å². The number of aromatic carboxylic acids is 1. The van der Waals surface area contributed by atoms with Crippen LogP contribution in [0.5, 0.6) is 23.0 Å². The summed E-state index contributed by atoms with van der Waals surface area (Å²) in [6.07, 6.45) is 4.18. The van der Waals surface area contributed by atoms with E-state index in [9.17, 15) is 19.1 Å². The van der Waals surface area contributed by atoms with Gasteiger partial charge in [0.2, 0.25) is 5.91 Å². The van der Waals surface area contributed by atoms with Crippen molar-refractivity contribution in [2.24, 2.45) is 0 Å². The van der Waals surface area contributed by atoms with Crippen molar-refractivity contribution in [1.82, 2.24) is 25.3 Å². The van der Waals surface area contributed by atoms with Gasteiger partial charge in [-0.3, -0.25) is 4.79 Å². The van der Waals surface area contributed by atoms with E-state index in [0.29, 0.717) is 36.1 Å². The Morgan fingerprint density at radius 2 is 1.96 bits per heavy atom. The molecule has 0 saturated heterocycles. The van der Waals surface area contributed by atoms with Gasteiger partial charge in [-0.15, -0.1) is 16.4 Å². The molecule has 0 aliphatic carbocycles. The number of benzene rings is 3. The first-order valence-electron chi connectivity index (χ1n) is 14.8. The van der Waals surface area contributed by atoms with E-state index in [2.05, 4.69) is 25.9 Å². The topological polar surface area (TPSA) is 150 Å². The van der Waals surface area contributed by atoms with E-state index in [4.69, 9.17) is 14.2 Å². The Kier molecular flexibility index (Phi) is 9.40. The molecule has 3 aromatic carbocycles. The third kappa shape index (κ3) is 7.73. The molecule has 0 unspecified atom stereocenters. The van der Waals surface area contributed by atoms with Crippen LogP contribution in [0.25, 0.3) is 0 Å². The number of nitrogens with one attached hydrogen (secondary N) is 2. The van der Waals surface area contributed by atoms with Crippen LogP contribution in [0, 0.1) is 5.82 Å². The van der Waals surface area contributed by atoms with Crippen molar-refractivity contribution >= 4 is 28.3 Å². The van der Waals surface area contributed by atoms with Crippen LogP contribution in [-0.4, -0.2) is 50.1 Å². The fourth-order valence-corrected chi connectivity index (χ4v) is 5.85. The van der Waals surface area contributed by atoms with E-state index in [0.717, 1.165) is 29.0 Å². The van der Waals surface area contributed by atoms with Crippen molar-refractivity contribution in [2.75, 3.05) is 18.5 Å². The average molecular weight is 659 g/mol. The summed E-state index contributed by atoms with van der Waals surface area (Å²) in [7, 11) is 0. The fourth-order valence-electron chi connectivity index (χ4n) is 5.31. The molecule has 47 heavy (non-hydrogen) atoms. The van der Waals surface area contributed by atoms with Crippen molar-refractivity contribution in [1.29, 1.82) is 0 Å². The zero-order valence-electron chi connectivity index (χ0n) is 25.3. The molecule has 2 aromatic heterocycles. The first-order valence-corrected chi connectivity index (χ1v) is 15.7. The molecule has 0 bridgehead atoms. The molecule has 0 radical (unpaired) electrons. The van der Waals surface area contributed by atoms with Crippen LogP contribution in [0.3, 0.4) is 0 Å². The number of thiazole rings is 1. The number of nitrogens with zero attached hydrogens (tertiary/aromatic N) is 4. The number of halogens is 1. The summed E-state index contributed by atoms with van der Waals surface area (Å²) in [5.41, 5.74) is 1.21. The normalized spacial score (nSPS) is 15.4. The molecule has 14 heteroatoms. The highest BCUT2D eigenvalue weighted by atomic mass is 32.1. The minimum absolute atomic E-state index is 0.0867. The largest absolute Gasteiger partial charge is 0.488 e. The minimum Gasteiger partial charge on any atom is -0.488 e. The summed E-state index contributed by atoms with van der Waals surface area (Å²) in [5, 5.41) is 26.2. The summed E-state index contributed by atoms with van der Waals surface area (Å²) in [4.78, 5) is 28.5. The molecule has 0 fully saturated rings. The van der Waals surface area contributed by atoms with E-state index in [1.54, 1.807) is 28.5 Å². The molecule has 3 heterocycles. The second-order valence-corrected chi connectivity index (χ2v) is 11.9. The molecule has 0 spiro atoms. The molecule has 0 saturated carbocycles. The first kappa shape index (κ1) is 31.6. The van der Waals surface area contributed by atoms with Crippen LogP contribution in [0.4, 0.5) is 9.52 Å². The molecule has 6 rings (SSSR count). The molecule has 3 N–H and O–H groups in total. The van der Waals surface area contributed by atoms with Crippen LogP contribution in [-0.2, 0) is 29.9 Å². The van der Waals surface area contributed by atoms with Crippen molar-refractivity contribution in [3.05, 3.63) is 107 Å². The second-order valence-electron chi connectivity index (χ2n) is 11.0. The van der Waals surface area contributed by atoms with Crippen LogP contribution in [0.1, 0.15) is 40.5 Å².